The molecule has 3 aromatic rings. The lowest BCUT2D eigenvalue weighted by atomic mass is 9.71. The Kier molecular flexibility index (Phi) is 6.11. The van der Waals surface area contributed by atoms with Gasteiger partial charge in [-0.25, -0.2) is 4.79 Å². The summed E-state index contributed by atoms with van der Waals surface area (Å²) in [5, 5.41) is 9.09. The molecule has 1 aliphatic carbocycles. The number of ether oxygens (including phenoxy) is 1. The highest BCUT2D eigenvalue weighted by Gasteiger charge is 2.52. The zero-order valence-corrected chi connectivity index (χ0v) is 19.6. The van der Waals surface area contributed by atoms with Gasteiger partial charge in [0.15, 0.2) is 0 Å². The summed E-state index contributed by atoms with van der Waals surface area (Å²) in [6.07, 6.45) is 3.22. The molecule has 8 heteroatoms. The van der Waals surface area contributed by atoms with Crippen molar-refractivity contribution in [3.8, 4) is 5.75 Å². The largest absolute Gasteiger partial charge is 0.489 e. The molecule has 2 fully saturated rings. The second kappa shape index (κ2) is 9.37. The van der Waals surface area contributed by atoms with E-state index in [0.29, 0.717) is 24.5 Å². The zero-order valence-electron chi connectivity index (χ0n) is 19.6. The Morgan fingerprint density at radius 1 is 1.14 bits per heavy atom. The Balaban J connectivity index is 1.20. The SMILES string of the molecule is Cc1cc(COc2ccc(NC(=O)CC3CCCCC34NC(=O)NC4=O)cc2)c2ccccc2n1. The van der Waals surface area contributed by atoms with E-state index in [1.807, 2.05) is 49.4 Å². The number of urea groups is 1. The van der Waals surface area contributed by atoms with Gasteiger partial charge in [0.2, 0.25) is 5.91 Å². The van der Waals surface area contributed by atoms with E-state index in [1.54, 1.807) is 12.1 Å². The number of para-hydroxylation sites is 1. The molecule has 5 rings (SSSR count). The summed E-state index contributed by atoms with van der Waals surface area (Å²) >= 11 is 0. The van der Waals surface area contributed by atoms with Crippen LogP contribution in [0.1, 0.15) is 43.4 Å². The number of carbonyl (C=O) groups is 3. The minimum atomic E-state index is -0.972. The maximum Gasteiger partial charge on any atom is 0.322 e. The number of aryl methyl sites for hydroxylation is 1. The Hall–Kier alpha value is -3.94. The summed E-state index contributed by atoms with van der Waals surface area (Å²) < 4.78 is 6.00. The Morgan fingerprint density at radius 2 is 1.94 bits per heavy atom. The van der Waals surface area contributed by atoms with Gasteiger partial charge < -0.3 is 15.4 Å². The average molecular weight is 473 g/mol. The van der Waals surface area contributed by atoms with Crippen molar-refractivity contribution < 1.29 is 19.1 Å². The fourth-order valence-electron chi connectivity index (χ4n) is 5.24. The van der Waals surface area contributed by atoms with Crippen LogP contribution in [0.5, 0.6) is 5.75 Å². The molecule has 1 saturated carbocycles. The molecule has 3 N–H and O–H groups in total. The fraction of sp³-hybridized carbons (Fsp3) is 0.333. The van der Waals surface area contributed by atoms with Gasteiger partial charge >= 0.3 is 6.03 Å². The number of nitrogens with one attached hydrogen (secondary N) is 3. The third-order valence-electron chi connectivity index (χ3n) is 6.93. The van der Waals surface area contributed by atoms with Crippen LogP contribution in [-0.4, -0.2) is 28.4 Å². The topological polar surface area (TPSA) is 109 Å². The van der Waals surface area contributed by atoms with Crippen LogP contribution >= 0.6 is 0 Å². The van der Waals surface area contributed by atoms with Crippen LogP contribution in [-0.2, 0) is 16.2 Å². The smallest absolute Gasteiger partial charge is 0.322 e. The van der Waals surface area contributed by atoms with E-state index in [9.17, 15) is 14.4 Å². The second-order valence-electron chi connectivity index (χ2n) is 9.33. The summed E-state index contributed by atoms with van der Waals surface area (Å²) in [4.78, 5) is 41.5. The summed E-state index contributed by atoms with van der Waals surface area (Å²) in [5.74, 6) is -0.0432. The van der Waals surface area contributed by atoms with Gasteiger partial charge in [-0.1, -0.05) is 31.0 Å². The highest BCUT2D eigenvalue weighted by Crippen LogP contribution is 2.38. The third-order valence-corrected chi connectivity index (χ3v) is 6.93. The van der Waals surface area contributed by atoms with Crippen LogP contribution in [0.2, 0.25) is 0 Å². The van der Waals surface area contributed by atoms with Crippen molar-refractivity contribution in [3.63, 3.8) is 0 Å². The summed E-state index contributed by atoms with van der Waals surface area (Å²) in [5.41, 5.74) is 2.63. The van der Waals surface area contributed by atoms with Crippen molar-refractivity contribution in [2.45, 2.75) is 51.2 Å². The van der Waals surface area contributed by atoms with Gasteiger partial charge in [0.1, 0.15) is 17.9 Å². The number of anilines is 1. The number of hydrogen-bond donors (Lipinski definition) is 3. The molecule has 1 spiro atoms. The van der Waals surface area contributed by atoms with Crippen molar-refractivity contribution >= 4 is 34.4 Å². The van der Waals surface area contributed by atoms with Gasteiger partial charge in [-0.15, -0.1) is 0 Å². The van der Waals surface area contributed by atoms with E-state index in [4.69, 9.17) is 4.74 Å². The first-order valence-corrected chi connectivity index (χ1v) is 11.9. The van der Waals surface area contributed by atoms with E-state index in [2.05, 4.69) is 20.9 Å². The van der Waals surface area contributed by atoms with Crippen molar-refractivity contribution in [2.75, 3.05) is 5.32 Å². The number of rotatable bonds is 6. The number of benzene rings is 2. The normalized spacial score (nSPS) is 21.6. The molecule has 8 nitrogen and oxygen atoms in total. The lowest BCUT2D eigenvalue weighted by Gasteiger charge is -2.38. The summed E-state index contributed by atoms with van der Waals surface area (Å²) in [6, 6.07) is 16.8. The first-order chi connectivity index (χ1) is 16.9. The highest BCUT2D eigenvalue weighted by atomic mass is 16.5. The molecular formula is C27H28N4O4. The van der Waals surface area contributed by atoms with Gasteiger partial charge in [0.05, 0.1) is 5.52 Å². The van der Waals surface area contributed by atoms with Crippen molar-refractivity contribution in [2.24, 2.45) is 5.92 Å². The van der Waals surface area contributed by atoms with Crippen LogP contribution in [0.3, 0.4) is 0 Å². The van der Waals surface area contributed by atoms with Crippen LogP contribution in [0.25, 0.3) is 10.9 Å². The predicted octanol–water partition coefficient (Wildman–Crippen LogP) is 4.22. The number of nitrogens with zero attached hydrogens (tertiary/aromatic N) is 1. The number of aromatic nitrogens is 1. The molecular weight excluding hydrogens is 444 g/mol. The molecule has 2 aromatic carbocycles. The minimum Gasteiger partial charge on any atom is -0.489 e. The highest BCUT2D eigenvalue weighted by molar-refractivity contribution is 6.07. The van der Waals surface area contributed by atoms with Crippen LogP contribution in [0.15, 0.2) is 54.6 Å². The van der Waals surface area contributed by atoms with E-state index in [1.165, 1.54) is 0 Å². The first kappa shape index (κ1) is 22.8. The van der Waals surface area contributed by atoms with Crippen LogP contribution < -0.4 is 20.7 Å². The maximum atomic E-state index is 12.8. The Morgan fingerprint density at radius 3 is 2.71 bits per heavy atom. The lowest BCUT2D eigenvalue weighted by Crippen LogP contribution is -2.55. The van der Waals surface area contributed by atoms with Crippen LogP contribution in [0, 0.1) is 12.8 Å². The lowest BCUT2D eigenvalue weighted by molar-refractivity contribution is -0.128. The zero-order chi connectivity index (χ0) is 24.4. The molecule has 1 aliphatic heterocycles. The second-order valence-corrected chi connectivity index (χ2v) is 9.33. The summed E-state index contributed by atoms with van der Waals surface area (Å²) in [6.45, 7) is 2.38. The molecule has 35 heavy (non-hydrogen) atoms. The molecule has 1 saturated heterocycles. The van der Waals surface area contributed by atoms with Gasteiger partial charge in [0.25, 0.3) is 5.91 Å². The molecule has 2 aliphatic rings. The Labute approximate surface area is 203 Å². The molecule has 2 heterocycles. The number of pyridine rings is 1. The number of fused-ring (bicyclic) bond motifs is 1. The molecule has 0 radical (unpaired) electrons. The predicted molar refractivity (Wildman–Crippen MR) is 132 cm³/mol. The quantitative estimate of drug-likeness (QED) is 0.466. The molecule has 4 amide bonds. The number of hydrogen-bond acceptors (Lipinski definition) is 5. The molecule has 0 bridgehead atoms. The van der Waals surface area contributed by atoms with Gasteiger partial charge in [-0.2, -0.15) is 0 Å². The number of imide groups is 1. The molecule has 180 valence electrons. The van der Waals surface area contributed by atoms with E-state index in [0.717, 1.165) is 41.4 Å². The summed E-state index contributed by atoms with van der Waals surface area (Å²) in [7, 11) is 0. The fourth-order valence-corrected chi connectivity index (χ4v) is 5.24. The van der Waals surface area contributed by atoms with Gasteiger partial charge in [-0.3, -0.25) is 19.9 Å². The van der Waals surface area contributed by atoms with Crippen molar-refractivity contribution in [1.29, 1.82) is 0 Å². The third kappa shape index (κ3) is 4.69. The first-order valence-electron chi connectivity index (χ1n) is 11.9. The minimum absolute atomic E-state index is 0.167. The van der Waals surface area contributed by atoms with E-state index in [-0.39, 0.29) is 24.2 Å². The van der Waals surface area contributed by atoms with E-state index < -0.39 is 11.6 Å². The average Bonchev–Trinajstić information content (AvgIpc) is 3.12. The van der Waals surface area contributed by atoms with Gasteiger partial charge in [-0.05, 0) is 62.1 Å². The standard InChI is InChI=1S/C27H28N4O4/c1-17-14-18(22-7-2-3-8-23(22)28-17)16-35-21-11-9-20(10-12-21)29-24(32)15-19-6-4-5-13-27(19)25(33)30-26(34)31-27/h2-3,7-12,14,19H,4-6,13,15-16H2,1H3,(H,29,32)(H2,30,31,33,34). The monoisotopic (exact) mass is 472 g/mol. The molecule has 2 atom stereocenters. The van der Waals surface area contributed by atoms with Gasteiger partial charge in [0, 0.05) is 28.8 Å². The van der Waals surface area contributed by atoms with Crippen LogP contribution in [0.4, 0.5) is 10.5 Å². The van der Waals surface area contributed by atoms with E-state index >= 15 is 0 Å². The number of carbonyl (C=O) groups excluding carboxylic acids is 3. The number of amides is 4. The van der Waals surface area contributed by atoms with Crippen molar-refractivity contribution in [3.05, 3.63) is 65.9 Å². The van der Waals surface area contributed by atoms with Crippen molar-refractivity contribution in [1.82, 2.24) is 15.6 Å². The molecule has 1 aromatic heterocycles. The Bertz CT molecular complexity index is 1290. The molecule has 2 unspecified atom stereocenters. The maximum absolute atomic E-state index is 12.8.